The molecular formula is C22H20ClNO4. The van der Waals surface area contributed by atoms with E-state index in [2.05, 4.69) is 5.32 Å². The van der Waals surface area contributed by atoms with Crippen molar-refractivity contribution in [3.8, 4) is 17.2 Å². The zero-order chi connectivity index (χ0) is 19.8. The Morgan fingerprint density at radius 2 is 1.61 bits per heavy atom. The molecule has 0 aromatic heterocycles. The molecule has 0 atom stereocenters. The van der Waals surface area contributed by atoms with Crippen LogP contribution in [0.15, 0.2) is 72.8 Å². The van der Waals surface area contributed by atoms with Gasteiger partial charge in [-0.05, 0) is 35.9 Å². The van der Waals surface area contributed by atoms with E-state index >= 15 is 0 Å². The van der Waals surface area contributed by atoms with Gasteiger partial charge < -0.3 is 19.5 Å². The third-order valence-corrected chi connectivity index (χ3v) is 4.12. The molecule has 1 N–H and O–H groups in total. The minimum absolute atomic E-state index is 0.176. The fourth-order valence-electron chi connectivity index (χ4n) is 2.53. The van der Waals surface area contributed by atoms with Crippen molar-refractivity contribution in [2.45, 2.75) is 6.61 Å². The lowest BCUT2D eigenvalue weighted by molar-refractivity contribution is -0.118. The number of hydrogen-bond donors (Lipinski definition) is 1. The minimum Gasteiger partial charge on any atom is -0.493 e. The van der Waals surface area contributed by atoms with Gasteiger partial charge in [-0.25, -0.2) is 0 Å². The second-order valence-corrected chi connectivity index (χ2v) is 6.34. The van der Waals surface area contributed by atoms with E-state index in [-0.39, 0.29) is 12.5 Å². The predicted molar refractivity (Wildman–Crippen MR) is 109 cm³/mol. The lowest BCUT2D eigenvalue weighted by Crippen LogP contribution is -2.20. The first kappa shape index (κ1) is 19.6. The molecule has 3 aromatic rings. The molecule has 0 bridgehead atoms. The van der Waals surface area contributed by atoms with Gasteiger partial charge in [-0.15, -0.1) is 0 Å². The summed E-state index contributed by atoms with van der Waals surface area (Å²) in [4.78, 5) is 12.3. The summed E-state index contributed by atoms with van der Waals surface area (Å²) < 4.78 is 16.6. The van der Waals surface area contributed by atoms with Crippen LogP contribution in [0.3, 0.4) is 0 Å². The first-order valence-electron chi connectivity index (χ1n) is 8.67. The minimum atomic E-state index is -0.335. The van der Waals surface area contributed by atoms with E-state index in [9.17, 15) is 4.79 Å². The van der Waals surface area contributed by atoms with E-state index in [0.717, 1.165) is 5.56 Å². The number of hydrogen-bond acceptors (Lipinski definition) is 4. The second-order valence-electron chi connectivity index (χ2n) is 5.90. The first-order chi connectivity index (χ1) is 13.7. The molecule has 0 aliphatic carbocycles. The van der Waals surface area contributed by atoms with E-state index in [1.807, 2.05) is 42.5 Å². The Morgan fingerprint density at radius 3 is 2.36 bits per heavy atom. The van der Waals surface area contributed by atoms with Crippen LogP contribution >= 0.6 is 11.6 Å². The molecule has 6 heteroatoms. The van der Waals surface area contributed by atoms with Gasteiger partial charge in [0.1, 0.15) is 12.4 Å². The van der Waals surface area contributed by atoms with Gasteiger partial charge in [0.15, 0.2) is 18.1 Å². The molecule has 0 aliphatic rings. The van der Waals surface area contributed by atoms with Crippen LogP contribution in [-0.2, 0) is 11.4 Å². The van der Waals surface area contributed by atoms with Crippen LogP contribution in [0.4, 0.5) is 5.69 Å². The smallest absolute Gasteiger partial charge is 0.262 e. The summed E-state index contributed by atoms with van der Waals surface area (Å²) in [7, 11) is 1.55. The maximum Gasteiger partial charge on any atom is 0.262 e. The number of nitrogens with one attached hydrogen (secondary N) is 1. The molecule has 0 saturated carbocycles. The summed E-state index contributed by atoms with van der Waals surface area (Å²) in [6.45, 7) is 0.202. The van der Waals surface area contributed by atoms with E-state index in [0.29, 0.717) is 34.6 Å². The van der Waals surface area contributed by atoms with Crippen LogP contribution in [0.5, 0.6) is 17.2 Å². The Hall–Kier alpha value is -3.18. The number of carbonyl (C=O) groups excluding carboxylic acids is 1. The molecule has 3 aromatic carbocycles. The summed E-state index contributed by atoms with van der Waals surface area (Å²) in [5.74, 6) is 1.24. The monoisotopic (exact) mass is 397 g/mol. The maximum absolute atomic E-state index is 12.3. The zero-order valence-electron chi connectivity index (χ0n) is 15.4. The van der Waals surface area contributed by atoms with Crippen molar-refractivity contribution in [1.82, 2.24) is 0 Å². The zero-order valence-corrected chi connectivity index (χ0v) is 16.1. The number of amides is 1. The number of rotatable bonds is 8. The van der Waals surface area contributed by atoms with Gasteiger partial charge in [0.05, 0.1) is 12.8 Å². The number of benzene rings is 3. The average molecular weight is 398 g/mol. The molecule has 5 nitrogen and oxygen atoms in total. The average Bonchev–Trinajstić information content (AvgIpc) is 2.72. The van der Waals surface area contributed by atoms with Crippen molar-refractivity contribution in [3.63, 3.8) is 0 Å². The van der Waals surface area contributed by atoms with E-state index in [1.54, 1.807) is 37.4 Å². The van der Waals surface area contributed by atoms with Crippen LogP contribution in [0.25, 0.3) is 0 Å². The summed E-state index contributed by atoms with van der Waals surface area (Å²) in [6, 6.07) is 22.0. The van der Waals surface area contributed by atoms with Crippen LogP contribution in [0, 0.1) is 0 Å². The molecule has 0 aliphatic heterocycles. The number of anilines is 1. The Bertz CT molecular complexity index is 931. The van der Waals surface area contributed by atoms with Crippen molar-refractivity contribution >= 4 is 23.2 Å². The maximum atomic E-state index is 12.3. The molecule has 0 spiro atoms. The summed E-state index contributed by atoms with van der Waals surface area (Å²) in [5, 5.41) is 3.27. The van der Waals surface area contributed by atoms with Crippen molar-refractivity contribution in [2.24, 2.45) is 0 Å². The number of ether oxygens (including phenoxy) is 3. The van der Waals surface area contributed by atoms with Gasteiger partial charge in [0.25, 0.3) is 5.91 Å². The summed E-state index contributed by atoms with van der Waals surface area (Å²) in [6.07, 6.45) is 0. The van der Waals surface area contributed by atoms with Crippen LogP contribution < -0.4 is 19.5 Å². The molecular weight excluding hydrogens is 378 g/mol. The SMILES string of the molecule is COc1ccccc1OCC(=O)Nc1cc(Cl)ccc1OCc1ccccc1. The third kappa shape index (κ3) is 5.41. The highest BCUT2D eigenvalue weighted by molar-refractivity contribution is 6.31. The first-order valence-corrected chi connectivity index (χ1v) is 9.05. The van der Waals surface area contributed by atoms with Gasteiger partial charge in [0.2, 0.25) is 0 Å². The molecule has 0 fully saturated rings. The van der Waals surface area contributed by atoms with Gasteiger partial charge in [-0.3, -0.25) is 4.79 Å². The topological polar surface area (TPSA) is 56.8 Å². The Balaban J connectivity index is 1.64. The molecule has 144 valence electrons. The Labute approximate surface area is 168 Å². The molecule has 1 amide bonds. The van der Waals surface area contributed by atoms with E-state index in [1.165, 1.54) is 0 Å². The standard InChI is InChI=1S/C22H20ClNO4/c1-26-20-9-5-6-10-21(20)28-15-22(25)24-18-13-17(23)11-12-19(18)27-14-16-7-3-2-4-8-16/h2-13H,14-15H2,1H3,(H,24,25). The highest BCUT2D eigenvalue weighted by Crippen LogP contribution is 2.29. The van der Waals surface area contributed by atoms with Crippen LogP contribution in [0.1, 0.15) is 5.56 Å². The molecule has 3 rings (SSSR count). The lowest BCUT2D eigenvalue weighted by Gasteiger charge is -2.14. The van der Waals surface area contributed by atoms with E-state index in [4.69, 9.17) is 25.8 Å². The fourth-order valence-corrected chi connectivity index (χ4v) is 2.70. The van der Waals surface area contributed by atoms with Crippen molar-refractivity contribution in [3.05, 3.63) is 83.4 Å². The van der Waals surface area contributed by atoms with Crippen molar-refractivity contribution < 1.29 is 19.0 Å². The predicted octanol–water partition coefficient (Wildman–Crippen LogP) is 4.95. The largest absolute Gasteiger partial charge is 0.493 e. The Kier molecular flexibility index (Phi) is 6.76. The lowest BCUT2D eigenvalue weighted by atomic mass is 10.2. The molecule has 0 radical (unpaired) electrons. The number of carbonyl (C=O) groups is 1. The van der Waals surface area contributed by atoms with Crippen molar-refractivity contribution in [2.75, 3.05) is 19.0 Å². The Morgan fingerprint density at radius 1 is 0.893 bits per heavy atom. The molecule has 28 heavy (non-hydrogen) atoms. The highest BCUT2D eigenvalue weighted by atomic mass is 35.5. The third-order valence-electron chi connectivity index (χ3n) is 3.88. The van der Waals surface area contributed by atoms with Crippen LogP contribution in [0.2, 0.25) is 5.02 Å². The summed E-state index contributed by atoms with van der Waals surface area (Å²) >= 11 is 6.08. The summed E-state index contributed by atoms with van der Waals surface area (Å²) in [5.41, 5.74) is 1.51. The molecule has 0 heterocycles. The van der Waals surface area contributed by atoms with Gasteiger partial charge in [0, 0.05) is 5.02 Å². The fraction of sp³-hybridized carbons (Fsp3) is 0.136. The van der Waals surface area contributed by atoms with Gasteiger partial charge >= 0.3 is 0 Å². The molecule has 0 unspecified atom stereocenters. The number of para-hydroxylation sites is 2. The van der Waals surface area contributed by atoms with E-state index < -0.39 is 0 Å². The molecule has 0 saturated heterocycles. The van der Waals surface area contributed by atoms with Gasteiger partial charge in [-0.2, -0.15) is 0 Å². The normalized spacial score (nSPS) is 10.2. The quantitative estimate of drug-likeness (QED) is 0.584. The highest BCUT2D eigenvalue weighted by Gasteiger charge is 2.11. The number of methoxy groups -OCH3 is 1. The number of halogens is 1. The second kappa shape index (κ2) is 9.67. The van der Waals surface area contributed by atoms with Crippen LogP contribution in [-0.4, -0.2) is 19.6 Å². The van der Waals surface area contributed by atoms with Crippen molar-refractivity contribution in [1.29, 1.82) is 0 Å². The van der Waals surface area contributed by atoms with Gasteiger partial charge in [-0.1, -0.05) is 54.1 Å².